The van der Waals surface area contributed by atoms with Gasteiger partial charge < -0.3 is 14.1 Å². The van der Waals surface area contributed by atoms with E-state index in [0.717, 1.165) is 17.7 Å². The number of amides is 2. The van der Waals surface area contributed by atoms with Gasteiger partial charge in [0.1, 0.15) is 16.8 Å². The second kappa shape index (κ2) is 7.81. The molecule has 1 aromatic carbocycles. The first-order chi connectivity index (χ1) is 13.7. The average molecular weight is 398 g/mol. The van der Waals surface area contributed by atoms with E-state index in [0.29, 0.717) is 23.1 Å². The Bertz CT molecular complexity index is 986. The Labute approximate surface area is 165 Å². The normalized spacial score (nSPS) is 16.2. The maximum Gasteiger partial charge on any atom is 0.290 e. The highest BCUT2D eigenvalue weighted by atomic mass is 32.1. The van der Waals surface area contributed by atoms with Gasteiger partial charge in [-0.1, -0.05) is 23.5 Å². The number of nitrogens with one attached hydrogen (secondary N) is 1. The van der Waals surface area contributed by atoms with Gasteiger partial charge in [0, 0.05) is 12.1 Å². The van der Waals surface area contributed by atoms with Gasteiger partial charge in [0.25, 0.3) is 5.91 Å². The van der Waals surface area contributed by atoms with Gasteiger partial charge in [-0.15, -0.1) is 10.2 Å². The van der Waals surface area contributed by atoms with Crippen molar-refractivity contribution in [3.8, 4) is 16.3 Å². The standard InChI is InChI=1S/C19H18N4O4S/c1-26-13-6-2-5-12(11-13)17-21-22-19(28-17)20-16(24)14-7-3-9-23(14)18(25)15-8-4-10-27-15/h2,4-6,8,10-11,14H,3,7,9H2,1H3,(H,20,22,24). The van der Waals surface area contributed by atoms with Crippen LogP contribution in [0.1, 0.15) is 23.4 Å². The number of carbonyl (C=O) groups excluding carboxylic acids is 2. The summed E-state index contributed by atoms with van der Waals surface area (Å²) in [6, 6.07) is 10.2. The Kier molecular flexibility index (Phi) is 5.07. The van der Waals surface area contributed by atoms with Crippen LogP contribution in [-0.2, 0) is 4.79 Å². The molecule has 1 saturated heterocycles. The van der Waals surface area contributed by atoms with E-state index in [1.807, 2.05) is 24.3 Å². The predicted octanol–water partition coefficient (Wildman–Crippen LogP) is 3.05. The van der Waals surface area contributed by atoms with Crippen LogP contribution in [0.25, 0.3) is 10.6 Å². The first-order valence-electron chi connectivity index (χ1n) is 8.79. The maximum absolute atomic E-state index is 12.7. The fourth-order valence-corrected chi connectivity index (χ4v) is 3.90. The molecule has 1 aliphatic heterocycles. The third-order valence-corrected chi connectivity index (χ3v) is 5.41. The minimum Gasteiger partial charge on any atom is -0.497 e. The maximum atomic E-state index is 12.7. The molecule has 0 aliphatic carbocycles. The Morgan fingerprint density at radius 2 is 2.18 bits per heavy atom. The molecular weight excluding hydrogens is 380 g/mol. The lowest BCUT2D eigenvalue weighted by Crippen LogP contribution is -2.43. The third kappa shape index (κ3) is 3.61. The molecule has 1 fully saturated rings. The summed E-state index contributed by atoms with van der Waals surface area (Å²) < 4.78 is 10.4. The van der Waals surface area contributed by atoms with Crippen molar-refractivity contribution in [1.82, 2.24) is 15.1 Å². The van der Waals surface area contributed by atoms with Crippen LogP contribution in [0.2, 0.25) is 0 Å². The number of hydrogen-bond acceptors (Lipinski definition) is 7. The van der Waals surface area contributed by atoms with Crippen LogP contribution in [0.15, 0.2) is 47.1 Å². The highest BCUT2D eigenvalue weighted by molar-refractivity contribution is 7.18. The van der Waals surface area contributed by atoms with Crippen LogP contribution in [0.4, 0.5) is 5.13 Å². The largest absolute Gasteiger partial charge is 0.497 e. The number of nitrogens with zero attached hydrogens (tertiary/aromatic N) is 3. The molecule has 0 spiro atoms. The number of methoxy groups -OCH3 is 1. The Morgan fingerprint density at radius 1 is 1.29 bits per heavy atom. The van der Waals surface area contributed by atoms with Crippen molar-refractivity contribution in [3.05, 3.63) is 48.4 Å². The van der Waals surface area contributed by atoms with Crippen LogP contribution >= 0.6 is 11.3 Å². The number of furan rings is 1. The number of rotatable bonds is 5. The number of aromatic nitrogens is 2. The number of ether oxygens (including phenoxy) is 1. The van der Waals surface area contributed by atoms with E-state index in [4.69, 9.17) is 9.15 Å². The van der Waals surface area contributed by atoms with Crippen molar-refractivity contribution < 1.29 is 18.7 Å². The molecule has 0 bridgehead atoms. The quantitative estimate of drug-likeness (QED) is 0.709. The van der Waals surface area contributed by atoms with Gasteiger partial charge in [-0.2, -0.15) is 0 Å². The van der Waals surface area contributed by atoms with E-state index in [1.165, 1.54) is 22.5 Å². The van der Waals surface area contributed by atoms with Crippen molar-refractivity contribution >= 4 is 28.3 Å². The smallest absolute Gasteiger partial charge is 0.290 e. The summed E-state index contributed by atoms with van der Waals surface area (Å²) >= 11 is 1.27. The predicted molar refractivity (Wildman–Crippen MR) is 103 cm³/mol. The molecule has 2 amide bonds. The Hall–Kier alpha value is -3.20. The van der Waals surface area contributed by atoms with E-state index < -0.39 is 6.04 Å². The van der Waals surface area contributed by atoms with E-state index in [9.17, 15) is 9.59 Å². The molecule has 1 N–H and O–H groups in total. The fraction of sp³-hybridized carbons (Fsp3) is 0.263. The molecule has 1 unspecified atom stereocenters. The second-order valence-corrected chi connectivity index (χ2v) is 7.24. The Morgan fingerprint density at radius 3 is 2.96 bits per heavy atom. The monoisotopic (exact) mass is 398 g/mol. The molecule has 1 aliphatic rings. The number of carbonyl (C=O) groups is 2. The molecule has 28 heavy (non-hydrogen) atoms. The highest BCUT2D eigenvalue weighted by Gasteiger charge is 2.35. The first-order valence-corrected chi connectivity index (χ1v) is 9.60. The zero-order chi connectivity index (χ0) is 19.5. The highest BCUT2D eigenvalue weighted by Crippen LogP contribution is 2.29. The van der Waals surface area contributed by atoms with Crippen molar-refractivity contribution in [1.29, 1.82) is 0 Å². The summed E-state index contributed by atoms with van der Waals surface area (Å²) in [6.07, 6.45) is 2.80. The van der Waals surface area contributed by atoms with E-state index in [-0.39, 0.29) is 17.6 Å². The number of likely N-dealkylation sites (tertiary alicyclic amines) is 1. The molecule has 3 heterocycles. The van der Waals surface area contributed by atoms with Crippen molar-refractivity contribution in [2.45, 2.75) is 18.9 Å². The summed E-state index contributed by atoms with van der Waals surface area (Å²) in [5.74, 6) is 0.398. The molecule has 2 aromatic heterocycles. The zero-order valence-corrected chi connectivity index (χ0v) is 15.9. The van der Waals surface area contributed by atoms with Gasteiger partial charge in [0.15, 0.2) is 5.76 Å². The van der Waals surface area contributed by atoms with Crippen LogP contribution in [0, 0.1) is 0 Å². The van der Waals surface area contributed by atoms with Gasteiger partial charge in [-0.05, 0) is 37.1 Å². The van der Waals surface area contributed by atoms with Crippen LogP contribution in [-0.4, -0.2) is 46.6 Å². The molecule has 3 aromatic rings. The zero-order valence-electron chi connectivity index (χ0n) is 15.1. The lowest BCUT2D eigenvalue weighted by atomic mass is 10.2. The number of hydrogen-bond donors (Lipinski definition) is 1. The van der Waals surface area contributed by atoms with E-state index in [2.05, 4.69) is 15.5 Å². The number of anilines is 1. The molecule has 0 radical (unpaired) electrons. The van der Waals surface area contributed by atoms with Crippen LogP contribution < -0.4 is 10.1 Å². The van der Waals surface area contributed by atoms with Gasteiger partial charge >= 0.3 is 0 Å². The van der Waals surface area contributed by atoms with Crippen molar-refractivity contribution in [2.75, 3.05) is 19.0 Å². The SMILES string of the molecule is COc1cccc(-c2nnc(NC(=O)C3CCCN3C(=O)c3ccco3)s2)c1. The van der Waals surface area contributed by atoms with Crippen LogP contribution in [0.5, 0.6) is 5.75 Å². The van der Waals surface area contributed by atoms with E-state index >= 15 is 0 Å². The molecule has 1 atom stereocenters. The number of benzene rings is 1. The van der Waals surface area contributed by atoms with E-state index in [1.54, 1.807) is 19.2 Å². The lowest BCUT2D eigenvalue weighted by Gasteiger charge is -2.22. The average Bonchev–Trinajstić information content (AvgIpc) is 3.48. The van der Waals surface area contributed by atoms with Gasteiger partial charge in [-0.3, -0.25) is 14.9 Å². The second-order valence-electron chi connectivity index (χ2n) is 6.27. The van der Waals surface area contributed by atoms with Crippen molar-refractivity contribution in [2.24, 2.45) is 0 Å². The molecule has 9 heteroatoms. The minimum atomic E-state index is -0.554. The summed E-state index contributed by atoms with van der Waals surface area (Å²) in [5.41, 5.74) is 0.854. The lowest BCUT2D eigenvalue weighted by molar-refractivity contribution is -0.119. The van der Waals surface area contributed by atoms with Gasteiger partial charge in [-0.25, -0.2) is 0 Å². The Balaban J connectivity index is 1.46. The molecule has 8 nitrogen and oxygen atoms in total. The van der Waals surface area contributed by atoms with Gasteiger partial charge in [0.2, 0.25) is 11.0 Å². The molecule has 144 valence electrons. The summed E-state index contributed by atoms with van der Waals surface area (Å²) in [7, 11) is 1.60. The summed E-state index contributed by atoms with van der Waals surface area (Å²) in [6.45, 7) is 0.517. The molecule has 4 rings (SSSR count). The third-order valence-electron chi connectivity index (χ3n) is 4.52. The van der Waals surface area contributed by atoms with Crippen LogP contribution in [0.3, 0.4) is 0 Å². The van der Waals surface area contributed by atoms with Crippen molar-refractivity contribution in [3.63, 3.8) is 0 Å². The molecule has 0 saturated carbocycles. The topological polar surface area (TPSA) is 97.6 Å². The summed E-state index contributed by atoms with van der Waals surface area (Å²) in [5, 5.41) is 12.0. The van der Waals surface area contributed by atoms with Gasteiger partial charge in [0.05, 0.1) is 13.4 Å². The minimum absolute atomic E-state index is 0.232. The first kappa shape index (κ1) is 18.2. The molecular formula is C19H18N4O4S. The fourth-order valence-electron chi connectivity index (χ4n) is 3.16. The summed E-state index contributed by atoms with van der Waals surface area (Å²) in [4.78, 5) is 26.8.